The zero-order valence-electron chi connectivity index (χ0n) is 13.5. The van der Waals surface area contributed by atoms with Gasteiger partial charge in [-0.2, -0.15) is 5.10 Å². The number of ether oxygens (including phenoxy) is 1. The number of aromatic nitrogens is 2. The highest BCUT2D eigenvalue weighted by Crippen LogP contribution is 2.44. The molecule has 1 fully saturated rings. The molecule has 2 rings (SSSR count). The van der Waals surface area contributed by atoms with Crippen molar-refractivity contribution in [3.05, 3.63) is 16.9 Å². The molecule has 0 aromatic carbocycles. The van der Waals surface area contributed by atoms with E-state index in [2.05, 4.69) is 25.9 Å². The van der Waals surface area contributed by atoms with E-state index in [4.69, 9.17) is 16.3 Å². The van der Waals surface area contributed by atoms with Gasteiger partial charge in [0.2, 0.25) is 0 Å². The predicted molar refractivity (Wildman–Crippen MR) is 84.7 cm³/mol. The molecular weight excluding hydrogens is 288 g/mol. The van der Waals surface area contributed by atoms with Crippen molar-refractivity contribution in [3.8, 4) is 0 Å². The number of methoxy groups -OCH3 is 1. The Bertz CT molecular complexity index is 473. The molecule has 0 aliphatic heterocycles. The van der Waals surface area contributed by atoms with E-state index in [0.717, 1.165) is 25.0 Å². The molecule has 1 aliphatic carbocycles. The highest BCUT2D eigenvalue weighted by molar-refractivity contribution is 6.31. The minimum Gasteiger partial charge on any atom is -0.393 e. The van der Waals surface area contributed by atoms with Gasteiger partial charge in [0, 0.05) is 12.5 Å². The fourth-order valence-electron chi connectivity index (χ4n) is 3.72. The van der Waals surface area contributed by atoms with E-state index in [-0.39, 0.29) is 17.4 Å². The van der Waals surface area contributed by atoms with Crippen LogP contribution >= 0.6 is 11.6 Å². The summed E-state index contributed by atoms with van der Waals surface area (Å²) in [5.74, 6) is 0.810. The van der Waals surface area contributed by atoms with Crippen LogP contribution in [-0.4, -0.2) is 34.7 Å². The van der Waals surface area contributed by atoms with Gasteiger partial charge in [-0.3, -0.25) is 4.68 Å². The molecule has 0 spiro atoms. The zero-order chi connectivity index (χ0) is 15.6. The first-order valence-corrected chi connectivity index (χ1v) is 8.14. The Balaban J connectivity index is 2.28. The summed E-state index contributed by atoms with van der Waals surface area (Å²) in [5, 5.41) is 15.6. The lowest BCUT2D eigenvalue weighted by molar-refractivity contribution is 0.0118. The quantitative estimate of drug-likeness (QED) is 0.907. The van der Waals surface area contributed by atoms with Crippen molar-refractivity contribution in [2.75, 3.05) is 13.7 Å². The number of aliphatic hydroxyl groups is 1. The van der Waals surface area contributed by atoms with Gasteiger partial charge in [0.25, 0.3) is 0 Å². The monoisotopic (exact) mass is 314 g/mol. The Labute approximate surface area is 132 Å². The molecule has 0 saturated heterocycles. The lowest BCUT2D eigenvalue weighted by Crippen LogP contribution is -2.42. The molecule has 3 atom stereocenters. The van der Waals surface area contributed by atoms with Crippen molar-refractivity contribution in [3.63, 3.8) is 0 Å². The summed E-state index contributed by atoms with van der Waals surface area (Å²) in [6.45, 7) is 7.83. The van der Waals surface area contributed by atoms with Crippen LogP contribution in [0.25, 0.3) is 0 Å². The van der Waals surface area contributed by atoms with E-state index < -0.39 is 0 Å². The average molecular weight is 315 g/mol. The normalized spacial score (nSPS) is 27.0. The van der Waals surface area contributed by atoms with Gasteiger partial charge in [0.1, 0.15) is 0 Å². The molecule has 1 heterocycles. The Morgan fingerprint density at radius 1 is 1.48 bits per heavy atom. The lowest BCUT2D eigenvalue weighted by atomic mass is 9.66. The third-order valence-electron chi connectivity index (χ3n) is 4.92. The van der Waals surface area contributed by atoms with Crippen LogP contribution in [0.15, 0.2) is 6.20 Å². The van der Waals surface area contributed by atoms with E-state index in [9.17, 15) is 5.11 Å². The minimum atomic E-state index is -0.273. The minimum absolute atomic E-state index is 0.207. The largest absolute Gasteiger partial charge is 0.393 e. The first-order chi connectivity index (χ1) is 9.87. The van der Waals surface area contributed by atoms with Crippen LogP contribution in [0.1, 0.15) is 45.7 Å². The highest BCUT2D eigenvalue weighted by Gasteiger charge is 2.42. The maximum absolute atomic E-state index is 10.5. The molecule has 1 N–H and O–H groups in total. The molecule has 0 bridgehead atoms. The summed E-state index contributed by atoms with van der Waals surface area (Å²) >= 11 is 6.40. The van der Waals surface area contributed by atoms with E-state index in [1.54, 1.807) is 13.3 Å². The summed E-state index contributed by atoms with van der Waals surface area (Å²) in [7, 11) is 1.68. The lowest BCUT2D eigenvalue weighted by Gasteiger charge is -2.42. The van der Waals surface area contributed by atoms with E-state index in [0.29, 0.717) is 24.1 Å². The highest BCUT2D eigenvalue weighted by atomic mass is 35.5. The van der Waals surface area contributed by atoms with Crippen molar-refractivity contribution in [2.45, 2.75) is 58.1 Å². The van der Waals surface area contributed by atoms with Crippen LogP contribution in [0.3, 0.4) is 0 Å². The van der Waals surface area contributed by atoms with Gasteiger partial charge in [0.15, 0.2) is 0 Å². The van der Waals surface area contributed by atoms with E-state index in [1.807, 2.05) is 4.68 Å². The molecule has 1 aliphatic rings. The third-order valence-corrected chi connectivity index (χ3v) is 5.19. The third kappa shape index (κ3) is 3.43. The van der Waals surface area contributed by atoms with Gasteiger partial charge >= 0.3 is 0 Å². The van der Waals surface area contributed by atoms with Crippen LogP contribution in [-0.2, 0) is 16.7 Å². The summed E-state index contributed by atoms with van der Waals surface area (Å²) in [4.78, 5) is 0. The molecule has 1 aromatic heterocycles. The van der Waals surface area contributed by atoms with Crippen LogP contribution in [0.5, 0.6) is 0 Å². The van der Waals surface area contributed by atoms with Crippen LogP contribution in [0, 0.1) is 11.8 Å². The molecular formula is C16H27ClN2O2. The van der Waals surface area contributed by atoms with Crippen molar-refractivity contribution >= 4 is 11.6 Å². The average Bonchev–Trinajstić information content (AvgIpc) is 2.77. The van der Waals surface area contributed by atoms with Gasteiger partial charge in [-0.25, -0.2) is 0 Å². The van der Waals surface area contributed by atoms with Gasteiger partial charge in [-0.15, -0.1) is 0 Å². The number of hydrogen-bond donors (Lipinski definition) is 1. The van der Waals surface area contributed by atoms with Crippen molar-refractivity contribution in [1.82, 2.24) is 9.78 Å². The molecule has 4 nitrogen and oxygen atoms in total. The second-order valence-electron chi connectivity index (χ2n) is 6.87. The first kappa shape index (κ1) is 16.8. The zero-order valence-corrected chi connectivity index (χ0v) is 14.2. The van der Waals surface area contributed by atoms with E-state index in [1.165, 1.54) is 0 Å². The first-order valence-electron chi connectivity index (χ1n) is 7.76. The van der Waals surface area contributed by atoms with Crippen molar-refractivity contribution < 1.29 is 9.84 Å². The van der Waals surface area contributed by atoms with Crippen molar-refractivity contribution in [2.24, 2.45) is 11.8 Å². The maximum atomic E-state index is 10.5. The molecule has 5 heteroatoms. The Hall–Kier alpha value is -0.580. The fourth-order valence-corrected chi connectivity index (χ4v) is 4.10. The summed E-state index contributed by atoms with van der Waals surface area (Å²) < 4.78 is 7.08. The van der Waals surface area contributed by atoms with Crippen LogP contribution in [0.2, 0.25) is 5.02 Å². The van der Waals surface area contributed by atoms with Gasteiger partial charge in [-0.1, -0.05) is 38.8 Å². The summed E-state index contributed by atoms with van der Waals surface area (Å²) in [5.41, 5.74) is 0.806. The van der Waals surface area contributed by atoms with Crippen molar-refractivity contribution in [1.29, 1.82) is 0 Å². The molecule has 1 aromatic rings. The molecule has 3 unspecified atom stereocenters. The maximum Gasteiger partial charge on any atom is 0.0823 e. The number of halogens is 1. The second-order valence-corrected chi connectivity index (χ2v) is 7.28. The summed E-state index contributed by atoms with van der Waals surface area (Å²) in [6, 6.07) is 0. The Kier molecular flexibility index (Phi) is 5.33. The predicted octanol–water partition coefficient (Wildman–Crippen LogP) is 3.26. The SMILES string of the molecule is COCCn1ncc(Cl)c1C(C)(C)C1CCC(C)CC1O. The second kappa shape index (κ2) is 6.67. The van der Waals surface area contributed by atoms with Gasteiger partial charge in [0.05, 0.1) is 36.2 Å². The number of hydrogen-bond acceptors (Lipinski definition) is 3. The Morgan fingerprint density at radius 2 is 2.19 bits per heavy atom. The molecule has 120 valence electrons. The number of aliphatic hydroxyl groups excluding tert-OH is 1. The smallest absolute Gasteiger partial charge is 0.0823 e. The topological polar surface area (TPSA) is 47.3 Å². The van der Waals surface area contributed by atoms with Crippen LogP contribution < -0.4 is 0 Å². The van der Waals surface area contributed by atoms with Gasteiger partial charge < -0.3 is 9.84 Å². The van der Waals surface area contributed by atoms with Crippen LogP contribution in [0.4, 0.5) is 0 Å². The van der Waals surface area contributed by atoms with E-state index >= 15 is 0 Å². The fraction of sp³-hybridized carbons (Fsp3) is 0.812. The molecule has 1 saturated carbocycles. The standard InChI is InChI=1S/C16H27ClN2O2/c1-11-5-6-12(14(20)9-11)16(2,3)15-13(17)10-18-19(15)7-8-21-4/h10-12,14,20H,5-9H2,1-4H3. The number of rotatable bonds is 5. The number of nitrogens with zero attached hydrogens (tertiary/aromatic N) is 2. The summed E-state index contributed by atoms with van der Waals surface area (Å²) in [6.07, 6.45) is 4.49. The molecule has 21 heavy (non-hydrogen) atoms. The molecule has 0 radical (unpaired) electrons. The Morgan fingerprint density at radius 3 is 2.81 bits per heavy atom. The molecule has 0 amide bonds. The van der Waals surface area contributed by atoms with Gasteiger partial charge in [-0.05, 0) is 24.7 Å².